The van der Waals surface area contributed by atoms with Crippen molar-refractivity contribution in [2.45, 2.75) is 0 Å². The summed E-state index contributed by atoms with van der Waals surface area (Å²) >= 11 is 5.63. The fourth-order valence-electron chi connectivity index (χ4n) is 0.794. The van der Waals surface area contributed by atoms with Crippen LogP contribution in [-0.2, 0) is 0 Å². The number of halogens is 2. The van der Waals surface area contributed by atoms with E-state index >= 15 is 0 Å². The van der Waals surface area contributed by atoms with Crippen molar-refractivity contribution in [2.24, 2.45) is 0 Å². The SMILES string of the molecule is COc1ccc(F)c(C#N)c1Cl. The van der Waals surface area contributed by atoms with Gasteiger partial charge < -0.3 is 4.74 Å². The molecule has 0 saturated carbocycles. The van der Waals surface area contributed by atoms with E-state index in [-0.39, 0.29) is 10.6 Å². The maximum absolute atomic E-state index is 12.8. The molecule has 1 aromatic carbocycles. The van der Waals surface area contributed by atoms with E-state index in [1.54, 1.807) is 6.07 Å². The van der Waals surface area contributed by atoms with Crippen molar-refractivity contribution < 1.29 is 9.13 Å². The lowest BCUT2D eigenvalue weighted by atomic mass is 10.2. The summed E-state index contributed by atoms with van der Waals surface area (Å²) in [4.78, 5) is 0. The Labute approximate surface area is 74.1 Å². The minimum atomic E-state index is -0.636. The lowest BCUT2D eigenvalue weighted by Gasteiger charge is -2.03. The predicted molar refractivity (Wildman–Crippen MR) is 42.7 cm³/mol. The molecule has 0 fully saturated rings. The summed E-state index contributed by atoms with van der Waals surface area (Å²) in [6.07, 6.45) is 0. The van der Waals surface area contributed by atoms with E-state index in [0.29, 0.717) is 5.75 Å². The summed E-state index contributed by atoms with van der Waals surface area (Å²) in [6, 6.07) is 4.17. The molecule has 12 heavy (non-hydrogen) atoms. The average Bonchev–Trinajstić information content (AvgIpc) is 2.06. The molecule has 2 nitrogen and oxygen atoms in total. The third-order valence-corrected chi connectivity index (χ3v) is 1.76. The minimum Gasteiger partial charge on any atom is -0.495 e. The first kappa shape index (κ1) is 8.82. The van der Waals surface area contributed by atoms with Crippen molar-refractivity contribution in [2.75, 3.05) is 7.11 Å². The van der Waals surface area contributed by atoms with Crippen LogP contribution in [0, 0.1) is 17.1 Å². The molecule has 0 radical (unpaired) electrons. The van der Waals surface area contributed by atoms with Crippen LogP contribution < -0.4 is 4.74 Å². The lowest BCUT2D eigenvalue weighted by Crippen LogP contribution is -1.90. The van der Waals surface area contributed by atoms with Crippen LogP contribution in [0.15, 0.2) is 12.1 Å². The van der Waals surface area contributed by atoms with Crippen LogP contribution >= 0.6 is 11.6 Å². The van der Waals surface area contributed by atoms with E-state index in [2.05, 4.69) is 0 Å². The van der Waals surface area contributed by atoms with Crippen LogP contribution in [-0.4, -0.2) is 7.11 Å². The highest BCUT2D eigenvalue weighted by Gasteiger charge is 2.10. The normalized spacial score (nSPS) is 9.17. The highest BCUT2D eigenvalue weighted by molar-refractivity contribution is 6.33. The molecule has 0 N–H and O–H groups in total. The molecule has 0 bridgehead atoms. The van der Waals surface area contributed by atoms with Crippen LogP contribution in [0.3, 0.4) is 0 Å². The van der Waals surface area contributed by atoms with E-state index in [9.17, 15) is 4.39 Å². The number of rotatable bonds is 1. The Kier molecular flexibility index (Phi) is 2.51. The van der Waals surface area contributed by atoms with Gasteiger partial charge in [-0.25, -0.2) is 4.39 Å². The van der Waals surface area contributed by atoms with Gasteiger partial charge in [0.25, 0.3) is 0 Å². The predicted octanol–water partition coefficient (Wildman–Crippen LogP) is 2.36. The highest BCUT2D eigenvalue weighted by Crippen LogP contribution is 2.28. The Hall–Kier alpha value is -1.27. The second kappa shape index (κ2) is 3.42. The summed E-state index contributed by atoms with van der Waals surface area (Å²) in [7, 11) is 1.40. The fraction of sp³-hybridized carbons (Fsp3) is 0.125. The molecule has 1 aromatic rings. The van der Waals surface area contributed by atoms with Gasteiger partial charge in [0.05, 0.1) is 7.11 Å². The van der Waals surface area contributed by atoms with Crippen LogP contribution in [0.25, 0.3) is 0 Å². The molecule has 1 rings (SSSR count). The zero-order valence-corrected chi connectivity index (χ0v) is 7.02. The summed E-state index contributed by atoms with van der Waals surface area (Å²) in [5.41, 5.74) is -0.184. The number of ether oxygens (including phenoxy) is 1. The van der Waals surface area contributed by atoms with Crippen molar-refractivity contribution in [3.05, 3.63) is 28.5 Å². The smallest absolute Gasteiger partial charge is 0.142 e. The Morgan fingerprint density at radius 2 is 2.25 bits per heavy atom. The lowest BCUT2D eigenvalue weighted by molar-refractivity contribution is 0.413. The zero-order chi connectivity index (χ0) is 9.14. The van der Waals surface area contributed by atoms with Gasteiger partial charge in [0, 0.05) is 0 Å². The Balaban J connectivity index is 3.36. The van der Waals surface area contributed by atoms with Gasteiger partial charge in [-0.05, 0) is 12.1 Å². The van der Waals surface area contributed by atoms with Gasteiger partial charge in [0.2, 0.25) is 0 Å². The second-order valence-corrected chi connectivity index (χ2v) is 2.43. The molecule has 0 amide bonds. The van der Waals surface area contributed by atoms with Crippen LogP contribution in [0.5, 0.6) is 5.75 Å². The Morgan fingerprint density at radius 1 is 1.58 bits per heavy atom. The molecule has 0 aliphatic carbocycles. The summed E-state index contributed by atoms with van der Waals surface area (Å²) < 4.78 is 17.6. The quantitative estimate of drug-likeness (QED) is 0.673. The number of hydrogen-bond acceptors (Lipinski definition) is 2. The van der Waals surface area contributed by atoms with Crippen molar-refractivity contribution in [3.8, 4) is 11.8 Å². The molecule has 4 heteroatoms. The minimum absolute atomic E-state index is 0.0139. The van der Waals surface area contributed by atoms with Crippen molar-refractivity contribution in [3.63, 3.8) is 0 Å². The first-order valence-corrected chi connectivity index (χ1v) is 3.50. The Morgan fingerprint density at radius 3 is 2.75 bits per heavy atom. The second-order valence-electron chi connectivity index (χ2n) is 2.05. The molecule has 0 atom stereocenters. The maximum Gasteiger partial charge on any atom is 0.142 e. The topological polar surface area (TPSA) is 33.0 Å². The van der Waals surface area contributed by atoms with Crippen LogP contribution in [0.2, 0.25) is 5.02 Å². The van der Waals surface area contributed by atoms with Gasteiger partial charge in [0.15, 0.2) is 0 Å². The highest BCUT2D eigenvalue weighted by atomic mass is 35.5. The standard InChI is InChI=1S/C8H5ClFNO/c1-12-7-3-2-6(10)5(4-11)8(7)9/h2-3H,1H3. The zero-order valence-electron chi connectivity index (χ0n) is 6.27. The maximum atomic E-state index is 12.8. The van der Waals surface area contributed by atoms with Gasteiger partial charge in [-0.2, -0.15) is 5.26 Å². The van der Waals surface area contributed by atoms with Crippen LogP contribution in [0.1, 0.15) is 5.56 Å². The van der Waals surface area contributed by atoms with Crippen LogP contribution in [0.4, 0.5) is 4.39 Å². The van der Waals surface area contributed by atoms with Gasteiger partial charge >= 0.3 is 0 Å². The molecule has 0 aliphatic rings. The van der Waals surface area contributed by atoms with Gasteiger partial charge in [-0.1, -0.05) is 11.6 Å². The molecule has 0 aromatic heterocycles. The first-order chi connectivity index (χ1) is 5.70. The van der Waals surface area contributed by atoms with Gasteiger partial charge in [-0.15, -0.1) is 0 Å². The van der Waals surface area contributed by atoms with Crippen molar-refractivity contribution >= 4 is 11.6 Å². The molecule has 0 aliphatic heterocycles. The molecule has 62 valence electrons. The fourth-order valence-corrected chi connectivity index (χ4v) is 1.07. The molecule has 0 spiro atoms. The summed E-state index contributed by atoms with van der Waals surface area (Å²) in [5.74, 6) is -0.335. The molecule has 0 unspecified atom stereocenters. The first-order valence-electron chi connectivity index (χ1n) is 3.12. The Bertz CT molecular complexity index is 346. The third kappa shape index (κ3) is 1.34. The monoisotopic (exact) mass is 185 g/mol. The molecule has 0 heterocycles. The molecular weight excluding hydrogens is 181 g/mol. The summed E-state index contributed by atoms with van der Waals surface area (Å²) in [5, 5.41) is 8.50. The van der Waals surface area contributed by atoms with E-state index in [4.69, 9.17) is 21.6 Å². The van der Waals surface area contributed by atoms with E-state index in [1.807, 2.05) is 0 Å². The third-order valence-electron chi connectivity index (χ3n) is 1.39. The van der Waals surface area contributed by atoms with Gasteiger partial charge in [-0.3, -0.25) is 0 Å². The van der Waals surface area contributed by atoms with Crippen molar-refractivity contribution in [1.82, 2.24) is 0 Å². The number of methoxy groups -OCH3 is 1. The van der Waals surface area contributed by atoms with Crippen molar-refractivity contribution in [1.29, 1.82) is 5.26 Å². The number of nitriles is 1. The molecule has 0 saturated heterocycles. The van der Waals surface area contributed by atoms with E-state index < -0.39 is 5.82 Å². The summed E-state index contributed by atoms with van der Waals surface area (Å²) in [6.45, 7) is 0. The van der Waals surface area contributed by atoms with Gasteiger partial charge in [0.1, 0.15) is 28.2 Å². The molecular formula is C8H5ClFNO. The largest absolute Gasteiger partial charge is 0.495 e. The number of hydrogen-bond donors (Lipinski definition) is 0. The average molecular weight is 186 g/mol. The number of benzene rings is 1. The van der Waals surface area contributed by atoms with E-state index in [0.717, 1.165) is 6.07 Å². The number of nitrogens with zero attached hydrogens (tertiary/aromatic N) is 1. The van der Waals surface area contributed by atoms with E-state index in [1.165, 1.54) is 13.2 Å².